The second kappa shape index (κ2) is 12.3. The third-order valence-corrected chi connectivity index (χ3v) is 9.88. The maximum Gasteiger partial charge on any atom is 0.338 e. The molecule has 4 aliphatic rings. The smallest absolute Gasteiger partial charge is 0.338 e. The molecule has 42 heavy (non-hydrogen) atoms. The molecular weight excluding hydrogens is 550 g/mol. The number of rotatable bonds is 11. The van der Waals surface area contributed by atoms with Crippen LogP contribution < -0.4 is 10.6 Å². The topological polar surface area (TPSA) is 115 Å². The monoisotopic (exact) mass is 587 g/mol. The Morgan fingerprint density at radius 3 is 2.26 bits per heavy atom. The van der Waals surface area contributed by atoms with Gasteiger partial charge in [0.1, 0.15) is 0 Å². The zero-order chi connectivity index (χ0) is 29.1. The van der Waals surface area contributed by atoms with Crippen molar-refractivity contribution in [3.63, 3.8) is 0 Å². The van der Waals surface area contributed by atoms with Crippen LogP contribution in [0.1, 0.15) is 67.2 Å². The van der Waals surface area contributed by atoms with E-state index < -0.39 is 5.97 Å². The minimum atomic E-state index is -0.395. The molecule has 10 heteroatoms. The minimum Gasteiger partial charge on any atom is -0.462 e. The highest BCUT2D eigenvalue weighted by atomic mass is 32.2. The summed E-state index contributed by atoms with van der Waals surface area (Å²) in [7, 11) is 0. The Labute approximate surface area is 250 Å². The molecule has 4 fully saturated rings. The fourth-order valence-electron chi connectivity index (χ4n) is 7.45. The molecule has 220 valence electrons. The van der Waals surface area contributed by atoms with Gasteiger partial charge < -0.3 is 19.9 Å². The number of carbonyl (C=O) groups is 3. The highest BCUT2D eigenvalue weighted by Crippen LogP contribution is 2.60. The van der Waals surface area contributed by atoms with Crippen molar-refractivity contribution in [2.24, 2.45) is 23.2 Å². The molecule has 4 aliphatic carbocycles. The molecule has 9 nitrogen and oxygen atoms in total. The van der Waals surface area contributed by atoms with Crippen LogP contribution in [0.2, 0.25) is 0 Å². The number of esters is 1. The first kappa shape index (κ1) is 28.5. The lowest BCUT2D eigenvalue weighted by atomic mass is 9.49. The number of hydrogen-bond donors (Lipinski definition) is 2. The number of ether oxygens (including phenoxy) is 1. The molecular formula is C32H37N5O4S. The summed E-state index contributed by atoms with van der Waals surface area (Å²) < 4.78 is 7.00. The first-order valence-corrected chi connectivity index (χ1v) is 15.8. The second-order valence-electron chi connectivity index (χ2n) is 12.0. The Balaban J connectivity index is 1.10. The van der Waals surface area contributed by atoms with E-state index in [4.69, 9.17) is 4.74 Å². The van der Waals surface area contributed by atoms with Gasteiger partial charge in [0.05, 0.1) is 31.0 Å². The minimum absolute atomic E-state index is 0.131. The number of nitrogens with zero attached hydrogens (tertiary/aromatic N) is 3. The lowest BCUT2D eigenvalue weighted by Crippen LogP contribution is -2.53. The van der Waals surface area contributed by atoms with Crippen LogP contribution in [0.5, 0.6) is 0 Å². The molecule has 7 rings (SSSR count). The predicted octanol–water partition coefficient (Wildman–Crippen LogP) is 5.07. The maximum absolute atomic E-state index is 13.6. The lowest BCUT2D eigenvalue weighted by molar-refractivity contribution is -0.146. The molecule has 0 spiro atoms. The fourth-order valence-corrected chi connectivity index (χ4v) is 8.20. The Hall–Kier alpha value is -3.66. The van der Waals surface area contributed by atoms with Crippen molar-refractivity contribution in [2.45, 2.75) is 63.7 Å². The molecule has 2 N–H and O–H groups in total. The van der Waals surface area contributed by atoms with Crippen LogP contribution in [0.15, 0.2) is 59.8 Å². The van der Waals surface area contributed by atoms with E-state index in [1.165, 1.54) is 31.0 Å². The van der Waals surface area contributed by atoms with Crippen molar-refractivity contribution in [1.82, 2.24) is 20.1 Å². The summed E-state index contributed by atoms with van der Waals surface area (Å²) in [6.07, 6.45) is 6.94. The van der Waals surface area contributed by atoms with Crippen LogP contribution in [0.3, 0.4) is 0 Å². The van der Waals surface area contributed by atoms with E-state index in [-0.39, 0.29) is 23.0 Å². The van der Waals surface area contributed by atoms with Crippen LogP contribution >= 0.6 is 11.8 Å². The highest BCUT2D eigenvalue weighted by molar-refractivity contribution is 7.99. The Morgan fingerprint density at radius 2 is 1.62 bits per heavy atom. The zero-order valence-electron chi connectivity index (χ0n) is 23.9. The summed E-state index contributed by atoms with van der Waals surface area (Å²) in [4.78, 5) is 38.2. The Morgan fingerprint density at radius 1 is 0.952 bits per heavy atom. The van der Waals surface area contributed by atoms with Crippen molar-refractivity contribution in [3.8, 4) is 0 Å². The molecule has 0 atom stereocenters. The van der Waals surface area contributed by atoms with Gasteiger partial charge in [0, 0.05) is 11.1 Å². The maximum atomic E-state index is 13.6. The van der Waals surface area contributed by atoms with E-state index in [0.29, 0.717) is 59.7 Å². The number of thioether (sulfide) groups is 1. The summed E-state index contributed by atoms with van der Waals surface area (Å²) in [5.41, 5.74) is 1.89. The van der Waals surface area contributed by atoms with Crippen LogP contribution in [0.4, 0.5) is 5.69 Å². The van der Waals surface area contributed by atoms with Gasteiger partial charge in [-0.2, -0.15) is 0 Å². The van der Waals surface area contributed by atoms with E-state index in [2.05, 4.69) is 20.8 Å². The average molecular weight is 588 g/mol. The lowest BCUT2D eigenvalue weighted by Gasteiger charge is -2.55. The molecule has 0 saturated heterocycles. The number of hydrogen-bond acceptors (Lipinski definition) is 7. The van der Waals surface area contributed by atoms with Gasteiger partial charge in [0.15, 0.2) is 11.0 Å². The predicted molar refractivity (Wildman–Crippen MR) is 160 cm³/mol. The average Bonchev–Trinajstić information content (AvgIpc) is 3.36. The number of carbonyl (C=O) groups excluding carboxylic acids is 3. The van der Waals surface area contributed by atoms with Gasteiger partial charge in [-0.15, -0.1) is 10.2 Å². The first-order chi connectivity index (χ1) is 20.4. The third-order valence-electron chi connectivity index (χ3n) is 8.92. The van der Waals surface area contributed by atoms with Crippen molar-refractivity contribution in [3.05, 3.63) is 71.5 Å². The Kier molecular flexibility index (Phi) is 8.33. The number of nitrogens with one attached hydrogen (secondary N) is 2. The van der Waals surface area contributed by atoms with Crippen LogP contribution in [0.25, 0.3) is 0 Å². The standard InChI is InChI=1S/C32H37N5O4S/c1-2-41-29(39)25-8-10-26(11-9-25)34-28(38)20-42-31-36-35-27(37(31)19-21-6-4-3-5-7-21)18-33-30(40)32-15-22-12-23(16-32)14-24(13-22)17-32/h3-11,22-24H,2,12-20H2,1H3,(H,33,40)(H,34,38). The number of aromatic nitrogens is 3. The molecule has 1 heterocycles. The molecule has 1 aromatic heterocycles. The van der Waals surface area contributed by atoms with Gasteiger partial charge in [0.25, 0.3) is 0 Å². The SMILES string of the molecule is CCOC(=O)c1ccc(NC(=O)CSc2nnc(CNC(=O)C34CC5CC(CC(C5)C3)C4)n2Cc2ccccc2)cc1. The van der Waals surface area contributed by atoms with Crippen molar-refractivity contribution in [1.29, 1.82) is 0 Å². The fraction of sp³-hybridized carbons (Fsp3) is 0.469. The van der Waals surface area contributed by atoms with Gasteiger partial charge in [-0.3, -0.25) is 9.59 Å². The summed E-state index contributed by atoms with van der Waals surface area (Å²) in [6.45, 7) is 2.91. The molecule has 0 radical (unpaired) electrons. The Bertz CT molecular complexity index is 1400. The summed E-state index contributed by atoms with van der Waals surface area (Å²) >= 11 is 1.30. The molecule has 3 aromatic rings. The molecule has 2 amide bonds. The van der Waals surface area contributed by atoms with Crippen LogP contribution in [0, 0.1) is 23.2 Å². The van der Waals surface area contributed by atoms with E-state index in [9.17, 15) is 14.4 Å². The molecule has 4 saturated carbocycles. The van der Waals surface area contributed by atoms with Gasteiger partial charge in [-0.05, 0) is 93.0 Å². The zero-order valence-corrected chi connectivity index (χ0v) is 24.7. The summed E-state index contributed by atoms with van der Waals surface area (Å²) in [5.74, 6) is 2.48. The molecule has 2 aromatic carbocycles. The first-order valence-electron chi connectivity index (χ1n) is 14.8. The largest absolute Gasteiger partial charge is 0.462 e. The molecule has 0 unspecified atom stereocenters. The van der Waals surface area contributed by atoms with E-state index >= 15 is 0 Å². The third kappa shape index (κ3) is 6.23. The molecule has 0 aliphatic heterocycles. The summed E-state index contributed by atoms with van der Waals surface area (Å²) in [5, 5.41) is 15.5. The highest BCUT2D eigenvalue weighted by Gasteiger charge is 2.54. The van der Waals surface area contributed by atoms with Crippen molar-refractivity contribution in [2.75, 3.05) is 17.7 Å². The number of benzene rings is 2. The molecule has 4 bridgehead atoms. The van der Waals surface area contributed by atoms with Gasteiger partial charge >= 0.3 is 5.97 Å². The number of anilines is 1. The van der Waals surface area contributed by atoms with Gasteiger partial charge in [0.2, 0.25) is 11.8 Å². The quantitative estimate of drug-likeness (QED) is 0.238. The van der Waals surface area contributed by atoms with E-state index in [1.807, 2.05) is 34.9 Å². The van der Waals surface area contributed by atoms with Crippen LogP contribution in [-0.2, 0) is 27.4 Å². The van der Waals surface area contributed by atoms with Crippen LogP contribution in [-0.4, -0.2) is 44.9 Å². The van der Waals surface area contributed by atoms with Crippen molar-refractivity contribution >= 4 is 35.2 Å². The van der Waals surface area contributed by atoms with Crippen molar-refractivity contribution < 1.29 is 19.1 Å². The number of amides is 2. The van der Waals surface area contributed by atoms with Gasteiger partial charge in [-0.1, -0.05) is 42.1 Å². The summed E-state index contributed by atoms with van der Waals surface area (Å²) in [6, 6.07) is 16.6. The van der Waals surface area contributed by atoms with E-state index in [0.717, 1.165) is 24.8 Å². The normalized spacial score (nSPS) is 23.9. The van der Waals surface area contributed by atoms with Gasteiger partial charge in [-0.25, -0.2) is 4.79 Å². The second-order valence-corrected chi connectivity index (χ2v) is 12.9. The van der Waals surface area contributed by atoms with E-state index in [1.54, 1.807) is 31.2 Å².